The smallest absolute Gasteiger partial charge is 0.359 e. The molecule has 2 N–H and O–H groups in total. The summed E-state index contributed by atoms with van der Waals surface area (Å²) in [6.45, 7) is 6.95. The largest absolute Gasteiger partial charge is 0.476 e. The van der Waals surface area contributed by atoms with Gasteiger partial charge in [-0.25, -0.2) is 9.64 Å². The van der Waals surface area contributed by atoms with Gasteiger partial charge in [0.25, 0.3) is 0 Å². The Hall–Kier alpha value is -3.11. The molecule has 0 bridgehead atoms. The highest BCUT2D eigenvalue weighted by atomic mass is 32.2. The number of H-pyrrole nitrogens is 1. The van der Waals surface area contributed by atoms with Crippen molar-refractivity contribution >= 4 is 23.4 Å². The second-order valence-corrected chi connectivity index (χ2v) is 5.63. The predicted octanol–water partition coefficient (Wildman–Crippen LogP) is 3.87. The van der Waals surface area contributed by atoms with Crippen molar-refractivity contribution < 1.29 is 9.90 Å². The van der Waals surface area contributed by atoms with Crippen molar-refractivity contribution in [1.29, 1.82) is 0 Å². The second kappa shape index (κ2) is 6.34. The van der Waals surface area contributed by atoms with Crippen molar-refractivity contribution in [3.63, 3.8) is 0 Å². The zero-order chi connectivity index (χ0) is 16.2. The van der Waals surface area contributed by atoms with Gasteiger partial charge in [0.15, 0.2) is 10.7 Å². The molecule has 0 atom stereocenters. The molecule has 0 aliphatic heterocycles. The predicted molar refractivity (Wildman–Crippen MR) is 85.6 cm³/mol. The van der Waals surface area contributed by atoms with Gasteiger partial charge in [0.2, 0.25) is 5.69 Å². The maximum absolute atomic E-state index is 11.0. The second-order valence-electron chi connectivity index (χ2n) is 4.57. The van der Waals surface area contributed by atoms with Gasteiger partial charge in [-0.1, -0.05) is 48.2 Å². The fourth-order valence-electron chi connectivity index (χ4n) is 1.99. The summed E-state index contributed by atoms with van der Waals surface area (Å²) in [6.07, 6.45) is 0. The first-order valence-corrected chi connectivity index (χ1v) is 7.39. The molecule has 7 heteroatoms. The Labute approximate surface area is 136 Å². The minimum Gasteiger partial charge on any atom is -0.476 e. The summed E-state index contributed by atoms with van der Waals surface area (Å²) in [7, 11) is 0. The number of nitrogens with one attached hydrogen (secondary N) is 1. The van der Waals surface area contributed by atoms with E-state index in [4.69, 9.17) is 11.7 Å². The minimum absolute atomic E-state index is 0.0891. The van der Waals surface area contributed by atoms with Crippen LogP contribution in [-0.4, -0.2) is 26.5 Å². The summed E-state index contributed by atoms with van der Waals surface area (Å²) in [5, 5.41) is 19.1. The lowest BCUT2D eigenvalue weighted by atomic mass is 10.1. The van der Waals surface area contributed by atoms with Crippen LogP contribution in [0, 0.1) is 6.57 Å². The van der Waals surface area contributed by atoms with Gasteiger partial charge in [-0.05, 0) is 23.3 Å². The monoisotopic (exact) mass is 322 g/mol. The number of carbonyl (C=O) groups is 1. The molecule has 0 radical (unpaired) electrons. The number of aromatic nitrogens is 3. The average molecular weight is 322 g/mol. The van der Waals surface area contributed by atoms with Crippen LogP contribution in [-0.2, 0) is 0 Å². The van der Waals surface area contributed by atoms with E-state index in [0.29, 0.717) is 10.7 Å². The molecule has 0 aliphatic rings. The van der Waals surface area contributed by atoms with E-state index >= 15 is 0 Å². The average Bonchev–Trinajstić information content (AvgIpc) is 3.04. The van der Waals surface area contributed by atoms with Gasteiger partial charge in [0.1, 0.15) is 0 Å². The van der Waals surface area contributed by atoms with E-state index in [2.05, 4.69) is 20.3 Å². The molecule has 0 aliphatic carbocycles. The van der Waals surface area contributed by atoms with Gasteiger partial charge in [-0.2, -0.15) is 5.21 Å². The first-order valence-electron chi connectivity index (χ1n) is 6.57. The van der Waals surface area contributed by atoms with E-state index < -0.39 is 5.97 Å². The summed E-state index contributed by atoms with van der Waals surface area (Å²) < 4.78 is 0. The lowest BCUT2D eigenvalue weighted by Gasteiger charge is -2.04. The van der Waals surface area contributed by atoms with Gasteiger partial charge >= 0.3 is 5.97 Å². The van der Waals surface area contributed by atoms with E-state index in [1.165, 1.54) is 11.8 Å². The Morgan fingerprint density at radius 2 is 1.65 bits per heavy atom. The number of nitrogens with zero attached hydrogens (tertiary/aromatic N) is 3. The number of hydrogen-bond donors (Lipinski definition) is 2. The van der Waals surface area contributed by atoms with Crippen LogP contribution in [0.15, 0.2) is 58.5 Å². The van der Waals surface area contributed by atoms with Crippen molar-refractivity contribution in [3.05, 3.63) is 65.6 Å². The number of benzene rings is 2. The third kappa shape index (κ3) is 3.22. The SMILES string of the molecule is [C-]#[N+]c1ccc(-c2ccc(Sc3n[nH]nc3C(=O)O)cc2)cc1. The standard InChI is InChI=1S/C16H10N4O2S/c1-17-12-6-2-10(3-7-12)11-4-8-13(9-5-11)23-15-14(16(21)22)18-20-19-15/h2-9H,(H,21,22)(H,18,19,20). The fourth-order valence-corrected chi connectivity index (χ4v) is 2.80. The lowest BCUT2D eigenvalue weighted by molar-refractivity contribution is 0.0686. The van der Waals surface area contributed by atoms with E-state index in [-0.39, 0.29) is 5.69 Å². The minimum atomic E-state index is -1.11. The molecule has 3 aromatic rings. The Morgan fingerprint density at radius 3 is 2.22 bits per heavy atom. The lowest BCUT2D eigenvalue weighted by Crippen LogP contribution is -1.98. The van der Waals surface area contributed by atoms with Crippen LogP contribution in [0.3, 0.4) is 0 Å². The zero-order valence-electron chi connectivity index (χ0n) is 11.7. The summed E-state index contributed by atoms with van der Waals surface area (Å²) in [5.74, 6) is -1.11. The van der Waals surface area contributed by atoms with Crippen molar-refractivity contribution in [1.82, 2.24) is 15.4 Å². The number of hydrogen-bond acceptors (Lipinski definition) is 4. The third-order valence-electron chi connectivity index (χ3n) is 3.12. The Morgan fingerprint density at radius 1 is 1.04 bits per heavy atom. The molecule has 0 saturated heterocycles. The summed E-state index contributed by atoms with van der Waals surface area (Å²) >= 11 is 1.23. The number of rotatable bonds is 4. The maximum Gasteiger partial charge on any atom is 0.359 e. The zero-order valence-corrected chi connectivity index (χ0v) is 12.5. The quantitative estimate of drug-likeness (QED) is 0.712. The molecule has 3 rings (SSSR count). The third-order valence-corrected chi connectivity index (χ3v) is 4.10. The summed E-state index contributed by atoms with van der Waals surface area (Å²) in [6, 6.07) is 15.0. The highest BCUT2D eigenvalue weighted by Crippen LogP contribution is 2.30. The van der Waals surface area contributed by atoms with Crippen LogP contribution in [0.1, 0.15) is 10.5 Å². The molecule has 0 fully saturated rings. The van der Waals surface area contributed by atoms with Crippen LogP contribution in [0.5, 0.6) is 0 Å². The topological polar surface area (TPSA) is 83.2 Å². The van der Waals surface area contributed by atoms with Crippen LogP contribution in [0.25, 0.3) is 16.0 Å². The molecule has 112 valence electrons. The molecule has 1 aromatic heterocycles. The summed E-state index contributed by atoms with van der Waals surface area (Å²) in [4.78, 5) is 15.2. The molecule has 0 saturated carbocycles. The van der Waals surface area contributed by atoms with Crippen LogP contribution in [0.2, 0.25) is 0 Å². The number of carboxylic acid groups (broad SMARTS) is 1. The van der Waals surface area contributed by atoms with Gasteiger partial charge < -0.3 is 5.11 Å². The normalized spacial score (nSPS) is 10.2. The Kier molecular flexibility index (Phi) is 4.08. The molecular formula is C16H10N4O2S. The number of carboxylic acids is 1. The van der Waals surface area contributed by atoms with Crippen LogP contribution >= 0.6 is 11.8 Å². The van der Waals surface area contributed by atoms with Gasteiger partial charge in [0, 0.05) is 4.90 Å². The van der Waals surface area contributed by atoms with Gasteiger partial charge in [-0.3, -0.25) is 0 Å². The fraction of sp³-hybridized carbons (Fsp3) is 0. The van der Waals surface area contributed by atoms with Crippen molar-refractivity contribution in [2.24, 2.45) is 0 Å². The number of aromatic carboxylic acids is 1. The molecule has 23 heavy (non-hydrogen) atoms. The first-order chi connectivity index (χ1) is 11.2. The van der Waals surface area contributed by atoms with Crippen LogP contribution in [0.4, 0.5) is 5.69 Å². The summed E-state index contributed by atoms with van der Waals surface area (Å²) in [5.41, 5.74) is 2.55. The van der Waals surface area contributed by atoms with E-state index in [9.17, 15) is 4.79 Å². The molecule has 0 spiro atoms. The van der Waals surface area contributed by atoms with Gasteiger partial charge in [-0.15, -0.1) is 10.2 Å². The van der Waals surface area contributed by atoms with Crippen molar-refractivity contribution in [3.8, 4) is 11.1 Å². The molecular weight excluding hydrogens is 312 g/mol. The van der Waals surface area contributed by atoms with Crippen molar-refractivity contribution in [2.75, 3.05) is 0 Å². The van der Waals surface area contributed by atoms with E-state index in [0.717, 1.165) is 16.0 Å². The molecule has 6 nitrogen and oxygen atoms in total. The van der Waals surface area contributed by atoms with E-state index in [1.54, 1.807) is 12.1 Å². The Balaban J connectivity index is 1.80. The molecule has 0 unspecified atom stereocenters. The molecule has 1 heterocycles. The maximum atomic E-state index is 11.0. The van der Waals surface area contributed by atoms with E-state index in [1.807, 2.05) is 36.4 Å². The Bertz CT molecular complexity index is 880. The highest BCUT2D eigenvalue weighted by Gasteiger charge is 2.16. The first kappa shape index (κ1) is 14.8. The number of aromatic amines is 1. The molecule has 2 aromatic carbocycles. The highest BCUT2D eigenvalue weighted by molar-refractivity contribution is 7.99. The molecule has 0 amide bonds. The van der Waals surface area contributed by atoms with Crippen molar-refractivity contribution in [2.45, 2.75) is 9.92 Å². The van der Waals surface area contributed by atoms with Gasteiger partial charge in [0.05, 0.1) is 6.57 Å². The van der Waals surface area contributed by atoms with Crippen LogP contribution < -0.4 is 0 Å².